The third-order valence-electron chi connectivity index (χ3n) is 4.29. The van der Waals surface area contributed by atoms with E-state index < -0.39 is 0 Å². The van der Waals surface area contributed by atoms with Crippen molar-refractivity contribution in [3.63, 3.8) is 0 Å². The number of aliphatic hydroxyl groups excluding tert-OH is 1. The number of nitrogens with zero attached hydrogens (tertiary/aromatic N) is 1. The Balaban J connectivity index is 2.48. The third kappa shape index (κ3) is 3.74. The van der Waals surface area contributed by atoms with Crippen LogP contribution in [0, 0.1) is 5.41 Å². The van der Waals surface area contributed by atoms with Gasteiger partial charge in [-0.15, -0.1) is 0 Å². The van der Waals surface area contributed by atoms with Gasteiger partial charge in [0.15, 0.2) is 0 Å². The molecule has 1 N–H and O–H groups in total. The minimum absolute atomic E-state index is 0.203. The topological polar surface area (TPSA) is 23.5 Å². The summed E-state index contributed by atoms with van der Waals surface area (Å²) in [5.41, 5.74) is 0.203. The van der Waals surface area contributed by atoms with Crippen LogP contribution in [0.2, 0.25) is 0 Å². The van der Waals surface area contributed by atoms with Crippen LogP contribution in [0.15, 0.2) is 0 Å². The van der Waals surface area contributed by atoms with E-state index in [9.17, 15) is 5.11 Å². The summed E-state index contributed by atoms with van der Waals surface area (Å²) >= 11 is 0. The SMILES string of the molecule is CCCC(C)N(C)CC1(CO)CCCCC1. The second-order valence-electron chi connectivity index (χ2n) is 5.77. The van der Waals surface area contributed by atoms with E-state index in [1.807, 2.05) is 0 Å². The molecular weight excluding hydrogens is 198 g/mol. The zero-order chi connectivity index (χ0) is 12.0. The second kappa shape index (κ2) is 6.61. The summed E-state index contributed by atoms with van der Waals surface area (Å²) in [7, 11) is 2.21. The molecule has 1 rings (SSSR count). The number of rotatable bonds is 6. The van der Waals surface area contributed by atoms with Crippen LogP contribution in [0.25, 0.3) is 0 Å². The molecule has 1 aliphatic rings. The van der Waals surface area contributed by atoms with Gasteiger partial charge < -0.3 is 10.0 Å². The van der Waals surface area contributed by atoms with Crippen LogP contribution >= 0.6 is 0 Å². The normalized spacial score (nSPS) is 22.3. The maximum absolute atomic E-state index is 9.68. The van der Waals surface area contributed by atoms with Crippen LogP contribution in [0.3, 0.4) is 0 Å². The largest absolute Gasteiger partial charge is 0.396 e. The Morgan fingerprint density at radius 2 is 1.88 bits per heavy atom. The van der Waals surface area contributed by atoms with Crippen LogP contribution in [-0.4, -0.2) is 36.2 Å². The highest BCUT2D eigenvalue weighted by atomic mass is 16.3. The van der Waals surface area contributed by atoms with Crippen LogP contribution < -0.4 is 0 Å². The number of hydrogen-bond acceptors (Lipinski definition) is 2. The van der Waals surface area contributed by atoms with Gasteiger partial charge in [-0.3, -0.25) is 0 Å². The summed E-state index contributed by atoms with van der Waals surface area (Å²) in [4.78, 5) is 2.45. The van der Waals surface area contributed by atoms with Gasteiger partial charge in [-0.25, -0.2) is 0 Å². The standard InChI is InChI=1S/C14H29NO/c1-4-8-13(2)15(3)11-14(12-16)9-6-5-7-10-14/h13,16H,4-12H2,1-3H3. The molecule has 0 aliphatic heterocycles. The van der Waals surface area contributed by atoms with Gasteiger partial charge in [0.05, 0.1) is 0 Å². The predicted molar refractivity (Wildman–Crippen MR) is 69.6 cm³/mol. The minimum atomic E-state index is 0.203. The molecule has 1 aliphatic carbocycles. The lowest BCUT2D eigenvalue weighted by molar-refractivity contribution is 0.0366. The van der Waals surface area contributed by atoms with E-state index in [0.29, 0.717) is 12.6 Å². The van der Waals surface area contributed by atoms with Crippen molar-refractivity contribution in [1.82, 2.24) is 4.90 Å². The Kier molecular flexibility index (Phi) is 5.77. The first-order valence-electron chi connectivity index (χ1n) is 6.94. The smallest absolute Gasteiger partial charge is 0.0499 e. The summed E-state index contributed by atoms with van der Waals surface area (Å²) < 4.78 is 0. The van der Waals surface area contributed by atoms with Crippen molar-refractivity contribution in [2.24, 2.45) is 5.41 Å². The molecular formula is C14H29NO. The predicted octanol–water partition coefficient (Wildman–Crippen LogP) is 3.05. The molecule has 1 saturated carbocycles. The van der Waals surface area contributed by atoms with Crippen molar-refractivity contribution in [3.05, 3.63) is 0 Å². The van der Waals surface area contributed by atoms with Crippen LogP contribution in [-0.2, 0) is 0 Å². The monoisotopic (exact) mass is 227 g/mol. The molecule has 0 amide bonds. The number of aliphatic hydroxyl groups is 1. The fourth-order valence-electron chi connectivity index (χ4n) is 2.99. The van der Waals surface area contributed by atoms with E-state index in [1.54, 1.807) is 0 Å². The van der Waals surface area contributed by atoms with Gasteiger partial charge in [-0.05, 0) is 33.2 Å². The van der Waals surface area contributed by atoms with Crippen molar-refractivity contribution in [2.45, 2.75) is 64.8 Å². The zero-order valence-electron chi connectivity index (χ0n) is 11.3. The van der Waals surface area contributed by atoms with Gasteiger partial charge >= 0.3 is 0 Å². The zero-order valence-corrected chi connectivity index (χ0v) is 11.3. The van der Waals surface area contributed by atoms with Gasteiger partial charge in [0.2, 0.25) is 0 Å². The van der Waals surface area contributed by atoms with Gasteiger partial charge in [0, 0.05) is 24.6 Å². The average molecular weight is 227 g/mol. The van der Waals surface area contributed by atoms with Gasteiger partial charge in [0.25, 0.3) is 0 Å². The van der Waals surface area contributed by atoms with Crippen molar-refractivity contribution < 1.29 is 5.11 Å². The molecule has 0 aromatic heterocycles. The molecule has 0 saturated heterocycles. The fraction of sp³-hybridized carbons (Fsp3) is 1.00. The van der Waals surface area contributed by atoms with E-state index in [0.717, 1.165) is 6.54 Å². The van der Waals surface area contributed by atoms with Crippen molar-refractivity contribution in [2.75, 3.05) is 20.2 Å². The molecule has 0 aromatic carbocycles. The molecule has 0 heterocycles. The first-order valence-corrected chi connectivity index (χ1v) is 6.94. The maximum atomic E-state index is 9.68. The van der Waals surface area contributed by atoms with Crippen LogP contribution in [0.5, 0.6) is 0 Å². The molecule has 16 heavy (non-hydrogen) atoms. The van der Waals surface area contributed by atoms with E-state index in [-0.39, 0.29) is 5.41 Å². The highest BCUT2D eigenvalue weighted by Gasteiger charge is 2.33. The third-order valence-corrected chi connectivity index (χ3v) is 4.29. The van der Waals surface area contributed by atoms with E-state index in [4.69, 9.17) is 0 Å². The van der Waals surface area contributed by atoms with E-state index >= 15 is 0 Å². The Morgan fingerprint density at radius 1 is 1.25 bits per heavy atom. The molecule has 1 fully saturated rings. The summed E-state index contributed by atoms with van der Waals surface area (Å²) in [5, 5.41) is 9.68. The van der Waals surface area contributed by atoms with Crippen molar-refractivity contribution in [3.8, 4) is 0 Å². The molecule has 0 spiro atoms. The van der Waals surface area contributed by atoms with Crippen LogP contribution in [0.1, 0.15) is 58.8 Å². The van der Waals surface area contributed by atoms with Gasteiger partial charge in [-0.2, -0.15) is 0 Å². The average Bonchev–Trinajstić information content (AvgIpc) is 2.30. The molecule has 0 radical (unpaired) electrons. The fourth-order valence-corrected chi connectivity index (χ4v) is 2.99. The summed E-state index contributed by atoms with van der Waals surface area (Å²) in [6.07, 6.45) is 8.90. The molecule has 2 nitrogen and oxygen atoms in total. The summed E-state index contributed by atoms with van der Waals surface area (Å²) in [6.45, 7) is 5.99. The van der Waals surface area contributed by atoms with E-state index in [2.05, 4.69) is 25.8 Å². The van der Waals surface area contributed by atoms with Crippen LogP contribution in [0.4, 0.5) is 0 Å². The summed E-state index contributed by atoms with van der Waals surface area (Å²) in [5.74, 6) is 0. The second-order valence-corrected chi connectivity index (χ2v) is 5.77. The first-order chi connectivity index (χ1) is 7.63. The maximum Gasteiger partial charge on any atom is 0.0499 e. The van der Waals surface area contributed by atoms with Gasteiger partial charge in [-0.1, -0.05) is 32.6 Å². The minimum Gasteiger partial charge on any atom is -0.396 e. The van der Waals surface area contributed by atoms with Gasteiger partial charge in [0.1, 0.15) is 0 Å². The number of hydrogen-bond donors (Lipinski definition) is 1. The molecule has 96 valence electrons. The van der Waals surface area contributed by atoms with Crippen molar-refractivity contribution in [1.29, 1.82) is 0 Å². The Bertz CT molecular complexity index is 187. The van der Waals surface area contributed by atoms with Crippen molar-refractivity contribution >= 4 is 0 Å². The lowest BCUT2D eigenvalue weighted by Gasteiger charge is -2.40. The molecule has 0 bridgehead atoms. The molecule has 1 unspecified atom stereocenters. The Labute approximate surface area is 101 Å². The Hall–Kier alpha value is -0.0800. The lowest BCUT2D eigenvalue weighted by atomic mass is 9.74. The van der Waals surface area contributed by atoms with E-state index in [1.165, 1.54) is 44.9 Å². The highest BCUT2D eigenvalue weighted by molar-refractivity contribution is 4.85. The lowest BCUT2D eigenvalue weighted by Crippen LogP contribution is -2.43. The quantitative estimate of drug-likeness (QED) is 0.754. The summed E-state index contributed by atoms with van der Waals surface area (Å²) in [6, 6.07) is 0.648. The molecule has 1 atom stereocenters. The Morgan fingerprint density at radius 3 is 2.38 bits per heavy atom. The molecule has 2 heteroatoms. The highest BCUT2D eigenvalue weighted by Crippen LogP contribution is 2.36. The first kappa shape index (κ1) is 14.0. The molecule has 0 aromatic rings.